The van der Waals surface area contributed by atoms with Gasteiger partial charge in [0.1, 0.15) is 21.9 Å². The van der Waals surface area contributed by atoms with Crippen LogP contribution in [-0.4, -0.2) is 53.7 Å². The largest absolute Gasteiger partial charge is 0.496 e. The van der Waals surface area contributed by atoms with E-state index in [-0.39, 0.29) is 17.2 Å². The first-order valence-electron chi connectivity index (χ1n) is 14.0. The van der Waals surface area contributed by atoms with Gasteiger partial charge in [-0.1, -0.05) is 57.2 Å². The van der Waals surface area contributed by atoms with Gasteiger partial charge in [0, 0.05) is 36.6 Å². The third-order valence-corrected chi connectivity index (χ3v) is 8.31. The fourth-order valence-electron chi connectivity index (χ4n) is 5.80. The van der Waals surface area contributed by atoms with Crippen LogP contribution < -0.4 is 4.74 Å². The van der Waals surface area contributed by atoms with Gasteiger partial charge in [-0.05, 0) is 55.9 Å². The second kappa shape index (κ2) is 11.9. The lowest BCUT2D eigenvalue weighted by atomic mass is 9.84. The molecule has 220 valence electrons. The van der Waals surface area contributed by atoms with Crippen molar-refractivity contribution in [3.05, 3.63) is 81.8 Å². The molecule has 1 fully saturated rings. The molecule has 0 radical (unpaired) electrons. The molecule has 1 amide bonds. The molecule has 1 aliphatic heterocycles. The van der Waals surface area contributed by atoms with Gasteiger partial charge in [0.05, 0.1) is 19.8 Å². The van der Waals surface area contributed by atoms with E-state index in [1.165, 1.54) is 11.3 Å². The minimum atomic E-state index is -1.29. The van der Waals surface area contributed by atoms with E-state index < -0.39 is 23.2 Å². The molecule has 0 spiro atoms. The number of aromatic nitrogens is 1. The first-order valence-corrected chi connectivity index (χ1v) is 14.9. The Labute approximate surface area is 247 Å². The molecule has 0 N–H and O–H groups in total. The molecule has 3 atom stereocenters. The number of nitrogens with zero attached hydrogens (tertiary/aromatic N) is 2. The smallest absolute Gasteiger partial charge is 0.332 e. The lowest BCUT2D eigenvalue weighted by Gasteiger charge is -2.40. The predicted molar refractivity (Wildman–Crippen MR) is 161 cm³/mol. The molecule has 7 nitrogen and oxygen atoms in total. The van der Waals surface area contributed by atoms with Crippen LogP contribution in [-0.2, 0) is 26.1 Å². The molecule has 1 aliphatic rings. The van der Waals surface area contributed by atoms with Gasteiger partial charge in [-0.25, -0.2) is 9.78 Å². The molecule has 2 aromatic carbocycles. The van der Waals surface area contributed by atoms with Crippen molar-refractivity contribution in [2.24, 2.45) is 5.92 Å². The number of methoxy groups -OCH3 is 2. The van der Waals surface area contributed by atoms with Gasteiger partial charge in [-0.2, -0.15) is 0 Å². The van der Waals surface area contributed by atoms with Crippen LogP contribution in [0, 0.1) is 5.92 Å². The van der Waals surface area contributed by atoms with E-state index >= 15 is 0 Å². The summed E-state index contributed by atoms with van der Waals surface area (Å²) in [6, 6.07) is 14.9. The number of hydrogen-bond donors (Lipinski definition) is 0. The zero-order chi connectivity index (χ0) is 30.0. The SMILES string of the molecule is COC[C@H]1C[C@@](Cc2ccccc2)(C(=O)OC(C)(C)C)N(C(=O)c2ccc(C(C)(C)C)c(OC)c2)[C@H]1c1nccs1. The van der Waals surface area contributed by atoms with Crippen molar-refractivity contribution in [3.8, 4) is 5.75 Å². The molecule has 8 heteroatoms. The Morgan fingerprint density at radius 2 is 1.76 bits per heavy atom. The number of amides is 1. The third kappa shape index (κ3) is 6.49. The van der Waals surface area contributed by atoms with Gasteiger partial charge in [0.2, 0.25) is 0 Å². The zero-order valence-corrected chi connectivity index (χ0v) is 26.2. The Bertz CT molecular complexity index is 1340. The van der Waals surface area contributed by atoms with Crippen molar-refractivity contribution < 1.29 is 23.8 Å². The van der Waals surface area contributed by atoms with Crippen LogP contribution in [0.15, 0.2) is 60.1 Å². The van der Waals surface area contributed by atoms with Gasteiger partial charge in [-0.3, -0.25) is 4.79 Å². The minimum Gasteiger partial charge on any atom is -0.496 e. The molecule has 0 unspecified atom stereocenters. The number of ether oxygens (including phenoxy) is 3. The Morgan fingerprint density at radius 3 is 2.32 bits per heavy atom. The highest BCUT2D eigenvalue weighted by atomic mass is 32.1. The van der Waals surface area contributed by atoms with Gasteiger partial charge < -0.3 is 19.1 Å². The monoisotopic (exact) mass is 578 g/mol. The van der Waals surface area contributed by atoms with Crippen molar-refractivity contribution in [1.82, 2.24) is 9.88 Å². The number of carbonyl (C=O) groups excluding carboxylic acids is 2. The van der Waals surface area contributed by atoms with Crippen LogP contribution in [0.1, 0.15) is 80.5 Å². The van der Waals surface area contributed by atoms with Gasteiger partial charge in [0.25, 0.3) is 5.91 Å². The van der Waals surface area contributed by atoms with Crippen molar-refractivity contribution in [3.63, 3.8) is 0 Å². The van der Waals surface area contributed by atoms with Crippen molar-refractivity contribution in [2.75, 3.05) is 20.8 Å². The van der Waals surface area contributed by atoms with Crippen LogP contribution in [0.4, 0.5) is 0 Å². The van der Waals surface area contributed by atoms with Crippen LogP contribution in [0.5, 0.6) is 5.75 Å². The number of hydrogen-bond acceptors (Lipinski definition) is 7. The summed E-state index contributed by atoms with van der Waals surface area (Å²) < 4.78 is 17.5. The van der Waals surface area contributed by atoms with Crippen LogP contribution in [0.2, 0.25) is 0 Å². The lowest BCUT2D eigenvalue weighted by Crippen LogP contribution is -2.57. The number of likely N-dealkylation sites (tertiary alicyclic amines) is 1. The summed E-state index contributed by atoms with van der Waals surface area (Å²) >= 11 is 1.47. The number of thiazole rings is 1. The molecule has 0 saturated carbocycles. The summed E-state index contributed by atoms with van der Waals surface area (Å²) in [5, 5.41) is 2.66. The molecule has 0 bridgehead atoms. The van der Waals surface area contributed by atoms with Crippen LogP contribution >= 0.6 is 11.3 Å². The summed E-state index contributed by atoms with van der Waals surface area (Å²) in [4.78, 5) is 35.6. The fourth-order valence-corrected chi connectivity index (χ4v) is 6.62. The second-order valence-electron chi connectivity index (χ2n) is 12.8. The van der Waals surface area contributed by atoms with Crippen LogP contribution in [0.3, 0.4) is 0 Å². The maximum atomic E-state index is 14.8. The topological polar surface area (TPSA) is 78.0 Å². The Balaban J connectivity index is 1.95. The standard InChI is InChI=1S/C33H42N2O5S/c1-31(2,3)25-15-14-23(18-26(25)39-8)29(36)35-27(28-34-16-17-41-28)24(21-38-7)20-33(35,30(37)40-32(4,5)6)19-22-12-10-9-11-13-22/h9-18,24,27H,19-21H2,1-8H3/t24-,27-,33+/m1/s1. The fraction of sp³-hybridized carbons (Fsp3) is 0.485. The van der Waals surface area contributed by atoms with E-state index in [0.29, 0.717) is 30.8 Å². The Kier molecular flexibility index (Phi) is 8.95. The second-order valence-corrected chi connectivity index (χ2v) is 13.7. The highest BCUT2D eigenvalue weighted by molar-refractivity contribution is 7.09. The van der Waals surface area contributed by atoms with E-state index in [0.717, 1.165) is 16.1 Å². The number of rotatable bonds is 8. The predicted octanol–water partition coefficient (Wildman–Crippen LogP) is 6.62. The normalized spacial score (nSPS) is 21.1. The van der Waals surface area contributed by atoms with Gasteiger partial charge >= 0.3 is 5.97 Å². The highest BCUT2D eigenvalue weighted by Crippen LogP contribution is 2.51. The van der Waals surface area contributed by atoms with Gasteiger partial charge in [0.15, 0.2) is 0 Å². The summed E-state index contributed by atoms with van der Waals surface area (Å²) in [6.07, 6.45) is 2.41. The molecule has 2 heterocycles. The summed E-state index contributed by atoms with van der Waals surface area (Å²) in [6.45, 7) is 12.2. The van der Waals surface area contributed by atoms with Gasteiger partial charge in [-0.15, -0.1) is 11.3 Å². The number of esters is 1. The van der Waals surface area contributed by atoms with E-state index in [9.17, 15) is 9.59 Å². The minimum absolute atomic E-state index is 0.179. The maximum absolute atomic E-state index is 14.8. The molecule has 1 saturated heterocycles. The first kappa shape index (κ1) is 30.7. The summed E-state index contributed by atoms with van der Waals surface area (Å²) in [7, 11) is 3.26. The average Bonchev–Trinajstić information content (AvgIpc) is 3.54. The van der Waals surface area contributed by atoms with E-state index in [1.54, 1.807) is 31.4 Å². The Morgan fingerprint density at radius 1 is 1.05 bits per heavy atom. The quantitative estimate of drug-likeness (QED) is 0.280. The van der Waals surface area contributed by atoms with Crippen molar-refractivity contribution >= 4 is 23.2 Å². The maximum Gasteiger partial charge on any atom is 0.332 e. The molecule has 0 aliphatic carbocycles. The summed E-state index contributed by atoms with van der Waals surface area (Å²) in [5.41, 5.74) is 0.156. The molecule has 41 heavy (non-hydrogen) atoms. The highest BCUT2D eigenvalue weighted by Gasteiger charge is 2.60. The molecular weight excluding hydrogens is 536 g/mol. The average molecular weight is 579 g/mol. The van der Waals surface area contributed by atoms with E-state index in [2.05, 4.69) is 25.8 Å². The zero-order valence-electron chi connectivity index (χ0n) is 25.4. The lowest BCUT2D eigenvalue weighted by molar-refractivity contribution is -0.167. The number of carbonyl (C=O) groups is 2. The molecule has 1 aromatic heterocycles. The van der Waals surface area contributed by atoms with E-state index in [4.69, 9.17) is 14.2 Å². The van der Waals surface area contributed by atoms with Crippen LogP contribution in [0.25, 0.3) is 0 Å². The molecule has 3 aromatic rings. The first-order chi connectivity index (χ1) is 19.3. The van der Waals surface area contributed by atoms with Crippen molar-refractivity contribution in [1.29, 1.82) is 0 Å². The van der Waals surface area contributed by atoms with Crippen molar-refractivity contribution in [2.45, 2.75) is 77.0 Å². The molecule has 4 rings (SSSR count). The summed E-state index contributed by atoms with van der Waals surface area (Å²) in [5.74, 6) is -0.250. The molecular formula is C33H42N2O5S. The number of benzene rings is 2. The Hall–Kier alpha value is -3.23. The third-order valence-electron chi connectivity index (χ3n) is 7.46. The van der Waals surface area contributed by atoms with E-state index in [1.807, 2.05) is 68.6 Å².